The molecule has 0 bridgehead atoms. The molecule has 0 aliphatic rings. The van der Waals surface area contributed by atoms with Gasteiger partial charge in [-0.2, -0.15) is 23.3 Å². The number of carbonyl (C=O) groups is 1. The molecule has 2 aromatic heterocycles. The van der Waals surface area contributed by atoms with Crippen LogP contribution in [0.25, 0.3) is 23.0 Å². The molecule has 2 heterocycles. The second-order valence-corrected chi connectivity index (χ2v) is 8.22. The lowest BCUT2D eigenvalue weighted by atomic mass is 10.0. The Morgan fingerprint density at radius 3 is 2.36 bits per heavy atom. The molecule has 9 nitrogen and oxygen atoms in total. The van der Waals surface area contributed by atoms with Crippen molar-refractivity contribution in [1.29, 1.82) is 0 Å². The number of hydrogen-bond acceptors (Lipinski definition) is 8. The summed E-state index contributed by atoms with van der Waals surface area (Å²) in [6.45, 7) is 1.50. The molecule has 4 aromatic rings. The molecule has 2 aromatic carbocycles. The first kappa shape index (κ1) is 27.2. The summed E-state index contributed by atoms with van der Waals surface area (Å²) >= 11 is 0. The number of halogens is 3. The Balaban J connectivity index is 1.83. The Kier molecular flexibility index (Phi) is 7.84. The molecule has 0 saturated heterocycles. The van der Waals surface area contributed by atoms with Crippen LogP contribution in [0.15, 0.2) is 60.8 Å². The lowest BCUT2D eigenvalue weighted by molar-refractivity contribution is -0.141. The van der Waals surface area contributed by atoms with Gasteiger partial charge >= 0.3 is 12.1 Å². The molecule has 202 valence electrons. The number of ether oxygens (including phenoxy) is 3. The predicted octanol–water partition coefficient (Wildman–Crippen LogP) is 5.60. The first-order chi connectivity index (χ1) is 18.6. The van der Waals surface area contributed by atoms with Gasteiger partial charge in [-0.1, -0.05) is 18.2 Å². The van der Waals surface area contributed by atoms with E-state index in [1.54, 1.807) is 48.5 Å². The van der Waals surface area contributed by atoms with Gasteiger partial charge in [0.1, 0.15) is 11.5 Å². The van der Waals surface area contributed by atoms with E-state index in [0.717, 1.165) is 10.7 Å². The third-order valence-corrected chi connectivity index (χ3v) is 5.57. The summed E-state index contributed by atoms with van der Waals surface area (Å²) in [5.41, 5.74) is 1.37. The van der Waals surface area contributed by atoms with Crippen molar-refractivity contribution in [2.75, 3.05) is 26.6 Å². The fourth-order valence-electron chi connectivity index (χ4n) is 3.68. The minimum atomic E-state index is -4.64. The van der Waals surface area contributed by atoms with E-state index in [1.807, 2.05) is 0 Å². The van der Waals surface area contributed by atoms with Crippen LogP contribution in [-0.2, 0) is 15.7 Å². The zero-order valence-corrected chi connectivity index (χ0v) is 21.4. The average Bonchev–Trinajstić information content (AvgIpc) is 3.33. The van der Waals surface area contributed by atoms with E-state index in [2.05, 4.69) is 25.1 Å². The minimum Gasteiger partial charge on any atom is -0.497 e. The number of alkyl halides is 3. The Bertz CT molecular complexity index is 1510. The molecule has 39 heavy (non-hydrogen) atoms. The third-order valence-electron chi connectivity index (χ3n) is 5.57. The van der Waals surface area contributed by atoms with Crippen molar-refractivity contribution in [3.8, 4) is 28.4 Å². The summed E-state index contributed by atoms with van der Waals surface area (Å²) in [4.78, 5) is 20.4. The molecule has 0 amide bonds. The number of methoxy groups -OCH3 is 3. The van der Waals surface area contributed by atoms with Gasteiger partial charge in [0.25, 0.3) is 0 Å². The minimum absolute atomic E-state index is 0.106. The largest absolute Gasteiger partial charge is 0.497 e. The van der Waals surface area contributed by atoms with Gasteiger partial charge in [-0.05, 0) is 36.3 Å². The summed E-state index contributed by atoms with van der Waals surface area (Å²) in [7, 11) is 4.29. The first-order valence-corrected chi connectivity index (χ1v) is 11.5. The van der Waals surface area contributed by atoms with Crippen molar-refractivity contribution in [2.45, 2.75) is 13.1 Å². The number of aryl methyl sites for hydroxylation is 1. The van der Waals surface area contributed by atoms with Crippen LogP contribution < -0.4 is 14.8 Å². The summed E-state index contributed by atoms with van der Waals surface area (Å²) in [6, 6.07) is 13.0. The highest BCUT2D eigenvalue weighted by Gasteiger charge is 2.35. The summed E-state index contributed by atoms with van der Waals surface area (Å²) in [5, 5.41) is 6.83. The second kappa shape index (κ2) is 11.3. The van der Waals surface area contributed by atoms with Crippen LogP contribution >= 0.6 is 0 Å². The van der Waals surface area contributed by atoms with Gasteiger partial charge in [-0.15, -0.1) is 0 Å². The van der Waals surface area contributed by atoms with Crippen molar-refractivity contribution in [1.82, 2.24) is 19.7 Å². The maximum absolute atomic E-state index is 13.5. The van der Waals surface area contributed by atoms with Crippen LogP contribution in [0, 0.1) is 6.92 Å². The number of carbonyl (C=O) groups excluding carboxylic acids is 1. The Labute approximate surface area is 221 Å². The normalized spacial score (nSPS) is 11.5. The van der Waals surface area contributed by atoms with Crippen LogP contribution in [0.4, 0.5) is 24.8 Å². The van der Waals surface area contributed by atoms with E-state index in [-0.39, 0.29) is 17.5 Å². The molecular formula is C27H24F3N5O4. The number of aromatic nitrogens is 4. The van der Waals surface area contributed by atoms with Crippen molar-refractivity contribution < 1.29 is 32.2 Å². The Morgan fingerprint density at radius 2 is 1.74 bits per heavy atom. The highest BCUT2D eigenvalue weighted by molar-refractivity contribution is 5.87. The number of nitrogens with zero attached hydrogens (tertiary/aromatic N) is 4. The lowest BCUT2D eigenvalue weighted by Gasteiger charge is -2.14. The lowest BCUT2D eigenvalue weighted by Crippen LogP contribution is -2.10. The summed E-state index contributed by atoms with van der Waals surface area (Å²) in [6.07, 6.45) is -0.332. The maximum Gasteiger partial charge on any atom is 0.435 e. The highest BCUT2D eigenvalue weighted by Crippen LogP contribution is 2.33. The number of esters is 1. The smallest absolute Gasteiger partial charge is 0.435 e. The van der Waals surface area contributed by atoms with E-state index < -0.39 is 17.8 Å². The zero-order valence-electron chi connectivity index (χ0n) is 21.4. The SMILES string of the molecule is COC(=O)C=Cc1cccc(-c2cnc(Nc3cc(OC)cc(OC)c3)nc2-n2nc(C(F)(F)F)cc2C)c1. The van der Waals surface area contributed by atoms with Gasteiger partial charge in [0.2, 0.25) is 5.95 Å². The van der Waals surface area contributed by atoms with Gasteiger partial charge in [0.15, 0.2) is 11.5 Å². The van der Waals surface area contributed by atoms with Gasteiger partial charge in [0, 0.05) is 47.4 Å². The van der Waals surface area contributed by atoms with Crippen molar-refractivity contribution >= 4 is 23.7 Å². The molecular weight excluding hydrogens is 515 g/mol. The van der Waals surface area contributed by atoms with Crippen LogP contribution in [0.3, 0.4) is 0 Å². The number of anilines is 2. The average molecular weight is 540 g/mol. The van der Waals surface area contributed by atoms with Gasteiger partial charge in [-0.25, -0.2) is 14.5 Å². The predicted molar refractivity (Wildman–Crippen MR) is 138 cm³/mol. The standard InChI is InChI=1S/C27H24F3N5O4/c1-16-10-23(27(28,29)30)34-35(16)25-22(18-7-5-6-17(11-18)8-9-24(36)39-4)15-31-26(33-25)32-19-12-20(37-2)14-21(13-19)38-3/h5-15H,1-4H3,(H,31,32,33). The molecule has 0 radical (unpaired) electrons. The quantitative estimate of drug-likeness (QED) is 0.228. The van der Waals surface area contributed by atoms with Gasteiger partial charge < -0.3 is 19.5 Å². The van der Waals surface area contributed by atoms with Crippen LogP contribution in [0.1, 0.15) is 17.0 Å². The number of rotatable bonds is 8. The monoisotopic (exact) mass is 539 g/mol. The van der Waals surface area contributed by atoms with Gasteiger partial charge in [0.05, 0.1) is 21.3 Å². The third kappa shape index (κ3) is 6.35. The van der Waals surface area contributed by atoms with Crippen LogP contribution in [0.2, 0.25) is 0 Å². The molecule has 12 heteroatoms. The van der Waals surface area contributed by atoms with Gasteiger partial charge in [-0.3, -0.25) is 0 Å². The molecule has 0 spiro atoms. The van der Waals surface area contributed by atoms with E-state index in [0.29, 0.717) is 33.9 Å². The summed E-state index contributed by atoms with van der Waals surface area (Å²) in [5.74, 6) is 0.728. The molecule has 4 rings (SSSR count). The van der Waals surface area contributed by atoms with Crippen LogP contribution in [-0.4, -0.2) is 47.0 Å². The molecule has 0 aliphatic heterocycles. The van der Waals surface area contributed by atoms with Crippen LogP contribution in [0.5, 0.6) is 11.5 Å². The Hall–Kier alpha value is -4.87. The number of nitrogens with one attached hydrogen (secondary N) is 1. The second-order valence-electron chi connectivity index (χ2n) is 8.22. The molecule has 0 unspecified atom stereocenters. The molecule has 0 fully saturated rings. The fourth-order valence-corrected chi connectivity index (χ4v) is 3.68. The molecule has 0 saturated carbocycles. The topological polar surface area (TPSA) is 100 Å². The fraction of sp³-hybridized carbons (Fsp3) is 0.185. The first-order valence-electron chi connectivity index (χ1n) is 11.5. The molecule has 0 atom stereocenters. The molecule has 1 N–H and O–H groups in total. The van der Waals surface area contributed by atoms with E-state index in [9.17, 15) is 18.0 Å². The Morgan fingerprint density at radius 1 is 1.03 bits per heavy atom. The van der Waals surface area contributed by atoms with Crippen molar-refractivity contribution in [3.05, 3.63) is 77.8 Å². The molecule has 0 aliphatic carbocycles. The number of benzene rings is 2. The highest BCUT2D eigenvalue weighted by atomic mass is 19.4. The summed E-state index contributed by atoms with van der Waals surface area (Å²) < 4.78 is 56.7. The van der Waals surface area contributed by atoms with Crippen molar-refractivity contribution in [3.63, 3.8) is 0 Å². The van der Waals surface area contributed by atoms with Crippen molar-refractivity contribution in [2.24, 2.45) is 0 Å². The number of hydrogen-bond donors (Lipinski definition) is 1. The zero-order chi connectivity index (χ0) is 28.2. The maximum atomic E-state index is 13.5. The van der Waals surface area contributed by atoms with E-state index >= 15 is 0 Å². The van der Waals surface area contributed by atoms with E-state index in [4.69, 9.17) is 9.47 Å². The van der Waals surface area contributed by atoms with E-state index in [1.165, 1.54) is 40.5 Å².